The maximum Gasteiger partial charge on any atom is 0.416 e. The first kappa shape index (κ1) is 15.3. The van der Waals surface area contributed by atoms with Crippen molar-refractivity contribution in [3.8, 4) is 0 Å². The van der Waals surface area contributed by atoms with Crippen molar-refractivity contribution in [3.63, 3.8) is 0 Å². The summed E-state index contributed by atoms with van der Waals surface area (Å²) in [5.41, 5.74) is -0.580. The van der Waals surface area contributed by atoms with E-state index in [1.54, 1.807) is 13.8 Å². The van der Waals surface area contributed by atoms with Crippen LogP contribution in [-0.4, -0.2) is 17.9 Å². The van der Waals surface area contributed by atoms with Crippen molar-refractivity contribution in [3.05, 3.63) is 23.8 Å². The number of hydrogen-bond acceptors (Lipinski definition) is 2. The van der Waals surface area contributed by atoms with Crippen molar-refractivity contribution in [2.45, 2.75) is 33.0 Å². The maximum atomic E-state index is 12.7. The van der Waals surface area contributed by atoms with Gasteiger partial charge < -0.3 is 5.32 Å². The lowest BCUT2D eigenvalue weighted by Crippen LogP contribution is -2.53. The molecule has 114 valence electrons. The molecule has 0 spiro atoms. The Balaban J connectivity index is 2.56. The predicted molar refractivity (Wildman–Crippen MR) is 71.9 cm³/mol. The molecule has 0 aliphatic carbocycles. The zero-order chi connectivity index (χ0) is 15.9. The highest BCUT2D eigenvalue weighted by atomic mass is 19.4. The van der Waals surface area contributed by atoms with Crippen LogP contribution >= 0.6 is 0 Å². The van der Waals surface area contributed by atoms with Gasteiger partial charge in [0.15, 0.2) is 0 Å². The van der Waals surface area contributed by atoms with Crippen molar-refractivity contribution < 1.29 is 22.8 Å². The van der Waals surface area contributed by atoms with Crippen molar-refractivity contribution in [2.75, 3.05) is 10.2 Å². The maximum absolute atomic E-state index is 12.7. The lowest BCUT2D eigenvalue weighted by molar-refractivity contribution is -0.137. The third kappa shape index (κ3) is 2.72. The molecule has 0 aromatic heterocycles. The van der Waals surface area contributed by atoms with Crippen LogP contribution in [0.1, 0.15) is 26.3 Å². The highest BCUT2D eigenvalue weighted by molar-refractivity contribution is 6.11. The van der Waals surface area contributed by atoms with Crippen LogP contribution in [-0.2, 0) is 15.8 Å². The van der Waals surface area contributed by atoms with Gasteiger partial charge in [-0.1, -0.05) is 13.8 Å². The molecule has 2 rings (SSSR count). The van der Waals surface area contributed by atoms with E-state index >= 15 is 0 Å². The van der Waals surface area contributed by atoms with Crippen LogP contribution in [0.5, 0.6) is 0 Å². The second kappa shape index (κ2) is 5.05. The number of halogens is 3. The van der Waals surface area contributed by atoms with Crippen molar-refractivity contribution in [2.24, 2.45) is 5.92 Å². The lowest BCUT2D eigenvalue weighted by atomic mass is 9.97. The van der Waals surface area contributed by atoms with Gasteiger partial charge in [-0.25, -0.2) is 0 Å². The number of nitrogens with one attached hydrogen (secondary N) is 1. The lowest BCUT2D eigenvalue weighted by Gasteiger charge is -2.38. The normalized spacial score (nSPS) is 18.5. The summed E-state index contributed by atoms with van der Waals surface area (Å²) in [6, 6.07) is 2.24. The summed E-state index contributed by atoms with van der Waals surface area (Å²) in [6.07, 6.45) is -4.50. The van der Waals surface area contributed by atoms with Crippen LogP contribution in [0.3, 0.4) is 0 Å². The van der Waals surface area contributed by atoms with Gasteiger partial charge in [0, 0.05) is 6.92 Å². The predicted octanol–water partition coefficient (Wildman–Crippen LogP) is 3.04. The number of carbonyl (C=O) groups excluding carboxylic acids is 2. The van der Waals surface area contributed by atoms with E-state index in [2.05, 4.69) is 5.32 Å². The number of nitrogens with zero attached hydrogens (tertiary/aromatic N) is 1. The largest absolute Gasteiger partial charge is 0.416 e. The van der Waals surface area contributed by atoms with Crippen LogP contribution in [0.15, 0.2) is 18.2 Å². The Kier molecular flexibility index (Phi) is 3.69. The molecule has 4 nitrogen and oxygen atoms in total. The summed E-state index contributed by atoms with van der Waals surface area (Å²) < 4.78 is 38.2. The molecule has 0 fully saturated rings. The van der Waals surface area contributed by atoms with E-state index in [1.807, 2.05) is 0 Å². The smallest absolute Gasteiger partial charge is 0.322 e. The number of fused-ring (bicyclic) bond motifs is 1. The van der Waals surface area contributed by atoms with Gasteiger partial charge in [-0.05, 0) is 24.1 Å². The van der Waals surface area contributed by atoms with Gasteiger partial charge in [0.2, 0.25) is 11.8 Å². The van der Waals surface area contributed by atoms with Crippen LogP contribution in [0.4, 0.5) is 24.5 Å². The SMILES string of the molecule is CC(=O)N1c2ccc(C(F)(F)F)cc2NC(=O)C1C(C)C. The number of hydrogen-bond donors (Lipinski definition) is 1. The Hall–Kier alpha value is -2.05. The molecule has 1 aliphatic heterocycles. The van der Waals surface area contributed by atoms with E-state index in [-0.39, 0.29) is 23.2 Å². The first-order chi connectivity index (χ1) is 9.62. The molecule has 1 aromatic carbocycles. The van der Waals surface area contributed by atoms with E-state index in [4.69, 9.17) is 0 Å². The van der Waals surface area contributed by atoms with E-state index in [9.17, 15) is 22.8 Å². The number of rotatable bonds is 1. The second-order valence-electron chi connectivity index (χ2n) is 5.30. The number of benzene rings is 1. The van der Waals surface area contributed by atoms with Gasteiger partial charge in [-0.15, -0.1) is 0 Å². The van der Waals surface area contributed by atoms with Gasteiger partial charge in [-0.3, -0.25) is 14.5 Å². The number of amides is 2. The number of carbonyl (C=O) groups is 2. The van der Waals surface area contributed by atoms with E-state index in [1.165, 1.54) is 17.9 Å². The van der Waals surface area contributed by atoms with Gasteiger partial charge in [0.1, 0.15) is 6.04 Å². The van der Waals surface area contributed by atoms with Crippen molar-refractivity contribution in [1.82, 2.24) is 0 Å². The summed E-state index contributed by atoms with van der Waals surface area (Å²) in [4.78, 5) is 25.2. The quantitative estimate of drug-likeness (QED) is 0.866. The molecule has 1 atom stereocenters. The highest BCUT2D eigenvalue weighted by Gasteiger charge is 2.39. The molecule has 0 saturated heterocycles. The highest BCUT2D eigenvalue weighted by Crippen LogP contribution is 2.39. The van der Waals surface area contributed by atoms with E-state index in [0.29, 0.717) is 0 Å². The summed E-state index contributed by atoms with van der Waals surface area (Å²) >= 11 is 0. The molecule has 2 amide bonds. The van der Waals surface area contributed by atoms with E-state index in [0.717, 1.165) is 12.1 Å². The Morgan fingerprint density at radius 3 is 2.43 bits per heavy atom. The molecule has 1 aliphatic rings. The fourth-order valence-corrected chi connectivity index (χ4v) is 2.46. The molecule has 21 heavy (non-hydrogen) atoms. The molecule has 0 saturated carbocycles. The second-order valence-corrected chi connectivity index (χ2v) is 5.30. The molecule has 1 aromatic rings. The average molecular weight is 300 g/mol. The minimum absolute atomic E-state index is 0.00178. The topological polar surface area (TPSA) is 49.4 Å². The van der Waals surface area contributed by atoms with Crippen molar-refractivity contribution >= 4 is 23.2 Å². The molecule has 7 heteroatoms. The Labute approximate surface area is 119 Å². The van der Waals surface area contributed by atoms with Crippen LogP contribution in [0.2, 0.25) is 0 Å². The van der Waals surface area contributed by atoms with E-state index < -0.39 is 23.7 Å². The fourth-order valence-electron chi connectivity index (χ4n) is 2.46. The molecular formula is C14H15F3N2O2. The third-order valence-corrected chi connectivity index (χ3v) is 3.36. The standard InChI is InChI=1S/C14H15F3N2O2/c1-7(2)12-13(21)18-10-6-9(14(15,16)17)4-5-11(10)19(12)8(3)20/h4-7,12H,1-3H3,(H,18,21). The molecule has 1 unspecified atom stereocenters. The molecular weight excluding hydrogens is 285 g/mol. The summed E-state index contributed by atoms with van der Waals surface area (Å²) in [6.45, 7) is 4.83. The van der Waals surface area contributed by atoms with Gasteiger partial charge in [0.25, 0.3) is 0 Å². The van der Waals surface area contributed by atoms with Gasteiger partial charge >= 0.3 is 6.18 Å². The first-order valence-electron chi connectivity index (χ1n) is 6.45. The fraction of sp³-hybridized carbons (Fsp3) is 0.429. The monoisotopic (exact) mass is 300 g/mol. The zero-order valence-corrected chi connectivity index (χ0v) is 11.8. The van der Waals surface area contributed by atoms with Crippen LogP contribution < -0.4 is 10.2 Å². The van der Waals surface area contributed by atoms with Gasteiger partial charge in [-0.2, -0.15) is 13.2 Å². The minimum Gasteiger partial charge on any atom is -0.322 e. The summed E-state index contributed by atoms with van der Waals surface area (Å²) in [5.74, 6) is -1.03. The molecule has 0 radical (unpaired) electrons. The average Bonchev–Trinajstić information content (AvgIpc) is 2.34. The first-order valence-corrected chi connectivity index (χ1v) is 6.45. The number of anilines is 2. The van der Waals surface area contributed by atoms with Gasteiger partial charge in [0.05, 0.1) is 16.9 Å². The summed E-state index contributed by atoms with van der Waals surface area (Å²) in [5, 5.41) is 2.46. The van der Waals surface area contributed by atoms with Crippen molar-refractivity contribution in [1.29, 1.82) is 0 Å². The Bertz CT molecular complexity index is 596. The van der Waals surface area contributed by atoms with Crippen LogP contribution in [0.25, 0.3) is 0 Å². The third-order valence-electron chi connectivity index (χ3n) is 3.36. The summed E-state index contributed by atoms with van der Waals surface area (Å²) in [7, 11) is 0. The molecule has 1 heterocycles. The number of alkyl halides is 3. The molecule has 0 bridgehead atoms. The molecule has 1 N–H and O–H groups in total. The van der Waals surface area contributed by atoms with Crippen LogP contribution in [0, 0.1) is 5.92 Å². The Morgan fingerprint density at radius 2 is 1.95 bits per heavy atom. The zero-order valence-electron chi connectivity index (χ0n) is 11.8. The minimum atomic E-state index is -4.50. The Morgan fingerprint density at radius 1 is 1.33 bits per heavy atom.